The van der Waals surface area contributed by atoms with Crippen molar-refractivity contribution in [2.75, 3.05) is 7.11 Å². The van der Waals surface area contributed by atoms with Gasteiger partial charge in [0.25, 0.3) is 0 Å². The molecule has 1 aromatic heterocycles. The molecule has 0 saturated carbocycles. The van der Waals surface area contributed by atoms with Gasteiger partial charge in [0.15, 0.2) is 0 Å². The van der Waals surface area contributed by atoms with Crippen LogP contribution in [-0.4, -0.2) is 23.2 Å². The maximum atomic E-state index is 10.8. The summed E-state index contributed by atoms with van der Waals surface area (Å²) in [6.07, 6.45) is 0.108. The van der Waals surface area contributed by atoms with Gasteiger partial charge in [-0.2, -0.15) is 0 Å². The molecule has 1 unspecified atom stereocenters. The Bertz CT molecular complexity index is 923. The van der Waals surface area contributed by atoms with E-state index in [1.165, 1.54) is 0 Å². The molecular weight excluding hydrogens is 354 g/mol. The third kappa shape index (κ3) is 4.88. The topological polar surface area (TPSA) is 68.7 Å². The molecule has 0 fully saturated rings. The molecule has 1 N–H and O–H groups in total. The van der Waals surface area contributed by atoms with Gasteiger partial charge in [-0.1, -0.05) is 49.4 Å². The van der Waals surface area contributed by atoms with Gasteiger partial charge in [-0.15, -0.1) is 0 Å². The lowest BCUT2D eigenvalue weighted by Gasteiger charge is -2.13. The number of hydrogen-bond acceptors (Lipinski definition) is 4. The first-order valence-electron chi connectivity index (χ1n) is 9.10. The van der Waals surface area contributed by atoms with Crippen molar-refractivity contribution in [3.8, 4) is 22.9 Å². The maximum absolute atomic E-state index is 10.8. The van der Waals surface area contributed by atoms with E-state index in [9.17, 15) is 4.79 Å². The number of ether oxygens (including phenoxy) is 2. The summed E-state index contributed by atoms with van der Waals surface area (Å²) in [5.74, 6) is 0.404. The molecule has 0 bridgehead atoms. The molecular formula is C23H23NO4. The fourth-order valence-corrected chi connectivity index (χ4v) is 2.96. The van der Waals surface area contributed by atoms with E-state index in [2.05, 4.69) is 4.98 Å². The largest absolute Gasteiger partial charge is 0.489 e. The smallest absolute Gasteiger partial charge is 0.303 e. The van der Waals surface area contributed by atoms with Crippen LogP contribution in [0.25, 0.3) is 11.3 Å². The van der Waals surface area contributed by atoms with Crippen LogP contribution < -0.4 is 9.47 Å². The van der Waals surface area contributed by atoms with E-state index >= 15 is 0 Å². The molecule has 5 heteroatoms. The van der Waals surface area contributed by atoms with E-state index in [4.69, 9.17) is 14.6 Å². The standard InChI is InChI=1S/C23H23NO4/c1-16(14-22(25)26)17-8-11-20(12-9-17)28-15-19-10-13-21(24-23(19)27-2)18-6-4-3-5-7-18/h3-13,16H,14-15H2,1-2H3,(H,25,26). The molecule has 3 aromatic rings. The normalized spacial score (nSPS) is 11.6. The zero-order valence-electron chi connectivity index (χ0n) is 16.0. The van der Waals surface area contributed by atoms with Crippen LogP contribution in [0.2, 0.25) is 0 Å². The van der Waals surface area contributed by atoms with Crippen LogP contribution >= 0.6 is 0 Å². The lowest BCUT2D eigenvalue weighted by molar-refractivity contribution is -0.137. The number of hydrogen-bond donors (Lipinski definition) is 1. The molecule has 0 aliphatic carbocycles. The summed E-state index contributed by atoms with van der Waals surface area (Å²) >= 11 is 0. The first kappa shape index (κ1) is 19.4. The number of benzene rings is 2. The summed E-state index contributed by atoms with van der Waals surface area (Å²) in [5, 5.41) is 8.91. The highest BCUT2D eigenvalue weighted by Crippen LogP contribution is 2.26. The van der Waals surface area contributed by atoms with E-state index in [1.54, 1.807) is 7.11 Å². The Morgan fingerprint density at radius 1 is 1.04 bits per heavy atom. The third-order valence-electron chi connectivity index (χ3n) is 4.53. The van der Waals surface area contributed by atoms with Gasteiger partial charge < -0.3 is 14.6 Å². The SMILES string of the molecule is COc1nc(-c2ccccc2)ccc1COc1ccc(C(C)CC(=O)O)cc1. The highest BCUT2D eigenvalue weighted by atomic mass is 16.5. The minimum atomic E-state index is -0.800. The molecule has 0 aliphatic heterocycles. The van der Waals surface area contributed by atoms with Gasteiger partial charge in [0.2, 0.25) is 5.88 Å². The highest BCUT2D eigenvalue weighted by Gasteiger charge is 2.11. The molecule has 0 amide bonds. The Kier molecular flexibility index (Phi) is 6.27. The number of methoxy groups -OCH3 is 1. The van der Waals surface area contributed by atoms with Gasteiger partial charge in [0.1, 0.15) is 12.4 Å². The van der Waals surface area contributed by atoms with Gasteiger partial charge in [-0.3, -0.25) is 4.79 Å². The molecule has 3 rings (SSSR count). The molecule has 0 saturated heterocycles. The molecule has 1 heterocycles. The summed E-state index contributed by atoms with van der Waals surface area (Å²) in [6, 6.07) is 21.3. The predicted molar refractivity (Wildman–Crippen MR) is 108 cm³/mol. The van der Waals surface area contributed by atoms with Crippen LogP contribution in [0, 0.1) is 0 Å². The first-order valence-corrected chi connectivity index (χ1v) is 9.10. The number of carbonyl (C=O) groups is 1. The molecule has 0 aliphatic rings. The summed E-state index contributed by atoms with van der Waals surface area (Å²) in [6.45, 7) is 2.23. The van der Waals surface area contributed by atoms with Crippen LogP contribution in [0.5, 0.6) is 11.6 Å². The second-order valence-corrected chi connectivity index (χ2v) is 6.59. The van der Waals surface area contributed by atoms with Gasteiger partial charge in [-0.05, 0) is 35.7 Å². The second-order valence-electron chi connectivity index (χ2n) is 6.59. The van der Waals surface area contributed by atoms with Gasteiger partial charge in [0, 0.05) is 5.56 Å². The van der Waals surface area contributed by atoms with Crippen LogP contribution in [0.3, 0.4) is 0 Å². The highest BCUT2D eigenvalue weighted by molar-refractivity contribution is 5.68. The van der Waals surface area contributed by atoms with E-state index in [0.717, 1.165) is 22.4 Å². The predicted octanol–water partition coefficient (Wildman–Crippen LogP) is 4.91. The summed E-state index contributed by atoms with van der Waals surface area (Å²) in [4.78, 5) is 15.4. The number of aromatic nitrogens is 1. The number of pyridine rings is 1. The van der Waals surface area contributed by atoms with Crippen molar-refractivity contribution in [1.82, 2.24) is 4.98 Å². The van der Waals surface area contributed by atoms with E-state index < -0.39 is 5.97 Å². The molecule has 144 valence electrons. The van der Waals surface area contributed by atoms with Crippen molar-refractivity contribution in [3.05, 3.63) is 77.9 Å². The Morgan fingerprint density at radius 3 is 2.39 bits per heavy atom. The van der Waals surface area contributed by atoms with Crippen molar-refractivity contribution in [1.29, 1.82) is 0 Å². The number of nitrogens with zero attached hydrogens (tertiary/aromatic N) is 1. The molecule has 2 aromatic carbocycles. The van der Waals surface area contributed by atoms with Crippen LogP contribution in [0.4, 0.5) is 0 Å². The van der Waals surface area contributed by atoms with Gasteiger partial charge in [-0.25, -0.2) is 4.98 Å². The minimum absolute atomic E-state index is 0.0404. The molecule has 5 nitrogen and oxygen atoms in total. The van der Waals surface area contributed by atoms with E-state index in [-0.39, 0.29) is 12.3 Å². The molecule has 28 heavy (non-hydrogen) atoms. The Morgan fingerprint density at radius 2 is 1.75 bits per heavy atom. The van der Waals surface area contributed by atoms with Crippen LogP contribution in [0.15, 0.2) is 66.7 Å². The summed E-state index contributed by atoms with van der Waals surface area (Å²) < 4.78 is 11.3. The lowest BCUT2D eigenvalue weighted by atomic mass is 9.98. The number of aliphatic carboxylic acids is 1. The number of carboxylic acids is 1. The zero-order chi connectivity index (χ0) is 19.9. The monoisotopic (exact) mass is 377 g/mol. The zero-order valence-corrected chi connectivity index (χ0v) is 16.0. The Labute approximate surface area is 164 Å². The van der Waals surface area contributed by atoms with Crippen molar-refractivity contribution in [2.45, 2.75) is 25.9 Å². The second kappa shape index (κ2) is 9.04. The molecule has 0 radical (unpaired) electrons. The maximum Gasteiger partial charge on any atom is 0.303 e. The van der Waals surface area contributed by atoms with Crippen molar-refractivity contribution in [2.24, 2.45) is 0 Å². The number of carboxylic acid groups (broad SMARTS) is 1. The van der Waals surface area contributed by atoms with Crippen LogP contribution in [-0.2, 0) is 11.4 Å². The molecule has 1 atom stereocenters. The first-order chi connectivity index (χ1) is 13.6. The van der Waals surface area contributed by atoms with Crippen molar-refractivity contribution >= 4 is 5.97 Å². The van der Waals surface area contributed by atoms with E-state index in [1.807, 2.05) is 73.7 Å². The van der Waals surface area contributed by atoms with Gasteiger partial charge in [0.05, 0.1) is 24.8 Å². The quantitative estimate of drug-likeness (QED) is 0.604. The lowest BCUT2D eigenvalue weighted by Crippen LogP contribution is -2.03. The third-order valence-corrected chi connectivity index (χ3v) is 4.53. The average molecular weight is 377 g/mol. The summed E-state index contributed by atoms with van der Waals surface area (Å²) in [7, 11) is 1.60. The number of rotatable bonds is 8. The van der Waals surface area contributed by atoms with Gasteiger partial charge >= 0.3 is 5.97 Å². The summed E-state index contributed by atoms with van der Waals surface area (Å²) in [5.41, 5.74) is 3.70. The van der Waals surface area contributed by atoms with E-state index in [0.29, 0.717) is 18.2 Å². The fraction of sp³-hybridized carbons (Fsp3) is 0.217. The minimum Gasteiger partial charge on any atom is -0.489 e. The molecule has 0 spiro atoms. The Balaban J connectivity index is 1.68. The Hall–Kier alpha value is -3.34. The average Bonchev–Trinajstić information content (AvgIpc) is 2.72. The fourth-order valence-electron chi connectivity index (χ4n) is 2.96. The van der Waals surface area contributed by atoms with Crippen LogP contribution in [0.1, 0.15) is 30.4 Å². The van der Waals surface area contributed by atoms with Crippen molar-refractivity contribution < 1.29 is 19.4 Å². The van der Waals surface area contributed by atoms with Crippen molar-refractivity contribution in [3.63, 3.8) is 0 Å².